The molecule has 0 aliphatic carbocycles. The minimum Gasteiger partial charge on any atom is -0.484 e. The first kappa shape index (κ1) is 31.3. The van der Waals surface area contributed by atoms with Crippen molar-refractivity contribution in [2.45, 2.75) is 25.7 Å². The van der Waals surface area contributed by atoms with E-state index >= 15 is 0 Å². The minimum atomic E-state index is -4.04. The Bertz CT molecular complexity index is 1740. The summed E-state index contributed by atoms with van der Waals surface area (Å²) in [6.07, 6.45) is 1.42. The smallest absolute Gasteiger partial charge is 0.264 e. The fourth-order valence-electron chi connectivity index (χ4n) is 4.11. The van der Waals surface area contributed by atoms with Crippen molar-refractivity contribution >= 4 is 51.0 Å². The van der Waals surface area contributed by atoms with Crippen LogP contribution in [0.4, 0.5) is 11.4 Å². The number of nitrogens with one attached hydrogen (secondary N) is 2. The molecule has 9 nitrogen and oxygen atoms in total. The van der Waals surface area contributed by atoms with E-state index in [1.54, 1.807) is 79.7 Å². The normalized spacial score (nSPS) is 11.3. The van der Waals surface area contributed by atoms with Crippen LogP contribution < -0.4 is 19.8 Å². The number of sulfonamides is 1. The largest absolute Gasteiger partial charge is 0.484 e. The van der Waals surface area contributed by atoms with E-state index in [9.17, 15) is 18.0 Å². The van der Waals surface area contributed by atoms with Gasteiger partial charge in [0, 0.05) is 0 Å². The first-order valence-electron chi connectivity index (χ1n) is 13.3. The lowest BCUT2D eigenvalue weighted by atomic mass is 10.1. The number of nitrogens with zero attached hydrogens (tertiary/aromatic N) is 2. The Labute approximate surface area is 256 Å². The van der Waals surface area contributed by atoms with Gasteiger partial charge in [-0.3, -0.25) is 13.9 Å². The van der Waals surface area contributed by atoms with Gasteiger partial charge in [-0.05, 0) is 86.5 Å². The number of halogens is 1. The van der Waals surface area contributed by atoms with E-state index in [4.69, 9.17) is 16.3 Å². The second-order valence-corrected chi connectivity index (χ2v) is 12.1. The molecule has 0 spiro atoms. The number of carbonyl (C=O) groups excluding carboxylic acids is 2. The van der Waals surface area contributed by atoms with Crippen LogP contribution in [0.3, 0.4) is 0 Å². The van der Waals surface area contributed by atoms with Gasteiger partial charge in [0.25, 0.3) is 21.8 Å². The fraction of sp³-hybridized carbons (Fsp3) is 0.156. The van der Waals surface area contributed by atoms with E-state index in [0.29, 0.717) is 27.7 Å². The van der Waals surface area contributed by atoms with Gasteiger partial charge in [-0.2, -0.15) is 5.10 Å². The van der Waals surface area contributed by atoms with Gasteiger partial charge >= 0.3 is 0 Å². The maximum Gasteiger partial charge on any atom is 0.264 e. The van der Waals surface area contributed by atoms with Crippen LogP contribution in [0.15, 0.2) is 101 Å². The maximum absolute atomic E-state index is 13.6. The Morgan fingerprint density at radius 2 is 1.56 bits per heavy atom. The lowest BCUT2D eigenvalue weighted by Crippen LogP contribution is -2.40. The fourth-order valence-corrected chi connectivity index (χ4v) is 5.78. The van der Waals surface area contributed by atoms with E-state index in [1.807, 2.05) is 19.9 Å². The van der Waals surface area contributed by atoms with Crippen LogP contribution in [0.2, 0.25) is 5.02 Å². The number of amides is 2. The second kappa shape index (κ2) is 14.0. The average Bonchev–Trinajstić information content (AvgIpc) is 2.97. The maximum atomic E-state index is 13.6. The molecule has 0 saturated heterocycles. The number of para-hydroxylation sites is 1. The molecule has 4 aromatic carbocycles. The molecule has 0 saturated carbocycles. The predicted molar refractivity (Wildman–Crippen MR) is 169 cm³/mol. The topological polar surface area (TPSA) is 117 Å². The van der Waals surface area contributed by atoms with Gasteiger partial charge < -0.3 is 10.1 Å². The molecule has 0 fully saturated rings. The van der Waals surface area contributed by atoms with E-state index in [2.05, 4.69) is 15.8 Å². The lowest BCUT2D eigenvalue weighted by Gasteiger charge is -2.25. The zero-order valence-electron chi connectivity index (χ0n) is 23.9. The number of anilines is 2. The monoisotopic (exact) mass is 618 g/mol. The molecule has 4 aromatic rings. The summed E-state index contributed by atoms with van der Waals surface area (Å²) < 4.78 is 33.8. The molecular formula is C32H31ClN4O5S. The Kier molecular flexibility index (Phi) is 10.2. The highest BCUT2D eigenvalue weighted by Crippen LogP contribution is 2.28. The number of hydrogen-bond acceptors (Lipinski definition) is 6. The molecule has 222 valence electrons. The first-order valence-corrected chi connectivity index (χ1v) is 15.1. The molecule has 0 aliphatic rings. The third-order valence-electron chi connectivity index (χ3n) is 6.32. The zero-order chi connectivity index (χ0) is 31.0. The predicted octanol–water partition coefficient (Wildman–Crippen LogP) is 5.63. The molecule has 0 bridgehead atoms. The molecule has 0 aliphatic heterocycles. The van der Waals surface area contributed by atoms with Crippen molar-refractivity contribution in [1.29, 1.82) is 0 Å². The molecule has 2 amide bonds. The molecule has 0 unspecified atom stereocenters. The number of hydrogen-bond donors (Lipinski definition) is 2. The standard InChI is InChI=1S/C32H31ClN4O5S/c1-22-8-15-27(16-9-22)43(40,41)37(30-17-10-23(2)18-24(30)3)20-31(38)36-34-19-25-11-13-26(14-12-25)42-21-32(39)35-29-7-5-4-6-28(29)33/h4-19H,20-21H2,1-3H3,(H,35,39)(H,36,38)/b34-19-. The van der Waals surface area contributed by atoms with Crippen molar-refractivity contribution in [3.8, 4) is 5.75 Å². The number of hydrazone groups is 1. The molecule has 43 heavy (non-hydrogen) atoms. The summed E-state index contributed by atoms with van der Waals surface area (Å²) in [6, 6.07) is 25.4. The number of aryl methyl sites for hydroxylation is 3. The number of carbonyl (C=O) groups is 2. The summed E-state index contributed by atoms with van der Waals surface area (Å²) in [7, 11) is -4.04. The summed E-state index contributed by atoms with van der Waals surface area (Å²) in [5, 5.41) is 7.10. The molecule has 0 radical (unpaired) electrons. The van der Waals surface area contributed by atoms with Crippen LogP contribution in [-0.2, 0) is 19.6 Å². The van der Waals surface area contributed by atoms with Gasteiger partial charge in [0.1, 0.15) is 12.3 Å². The van der Waals surface area contributed by atoms with Gasteiger partial charge in [0.15, 0.2) is 6.61 Å². The Morgan fingerprint density at radius 3 is 2.23 bits per heavy atom. The van der Waals surface area contributed by atoms with Crippen molar-refractivity contribution < 1.29 is 22.7 Å². The Balaban J connectivity index is 1.38. The number of benzene rings is 4. The van der Waals surface area contributed by atoms with E-state index < -0.39 is 22.5 Å². The van der Waals surface area contributed by atoms with Gasteiger partial charge in [-0.15, -0.1) is 0 Å². The molecule has 0 aromatic heterocycles. The summed E-state index contributed by atoms with van der Waals surface area (Å²) in [5.41, 5.74) is 6.56. The SMILES string of the molecule is Cc1ccc(S(=O)(=O)N(CC(=O)N/N=C\c2ccc(OCC(=O)Nc3ccccc3Cl)cc2)c2ccc(C)cc2C)cc1. The van der Waals surface area contributed by atoms with Crippen LogP contribution in [0, 0.1) is 20.8 Å². The number of rotatable bonds is 11. The second-order valence-electron chi connectivity index (χ2n) is 9.79. The van der Waals surface area contributed by atoms with Crippen LogP contribution in [0.25, 0.3) is 0 Å². The van der Waals surface area contributed by atoms with E-state index in [-0.39, 0.29) is 17.4 Å². The molecule has 4 rings (SSSR count). The molecular weight excluding hydrogens is 588 g/mol. The van der Waals surface area contributed by atoms with Crippen molar-refractivity contribution in [2.75, 3.05) is 22.8 Å². The minimum absolute atomic E-state index is 0.0815. The Morgan fingerprint density at radius 1 is 0.884 bits per heavy atom. The molecule has 11 heteroatoms. The Hall–Kier alpha value is -4.67. The van der Waals surface area contributed by atoms with Crippen LogP contribution in [0.1, 0.15) is 22.3 Å². The van der Waals surface area contributed by atoms with Crippen LogP contribution in [-0.4, -0.2) is 39.6 Å². The number of ether oxygens (including phenoxy) is 1. The summed E-state index contributed by atoms with van der Waals surface area (Å²) >= 11 is 6.05. The van der Waals surface area contributed by atoms with Crippen molar-refractivity contribution in [3.63, 3.8) is 0 Å². The van der Waals surface area contributed by atoms with Crippen molar-refractivity contribution in [2.24, 2.45) is 5.10 Å². The van der Waals surface area contributed by atoms with E-state index in [1.165, 1.54) is 18.3 Å². The summed E-state index contributed by atoms with van der Waals surface area (Å²) in [4.78, 5) is 25.1. The molecule has 0 atom stereocenters. The van der Waals surface area contributed by atoms with Crippen LogP contribution in [0.5, 0.6) is 5.75 Å². The van der Waals surface area contributed by atoms with E-state index in [0.717, 1.165) is 21.0 Å². The van der Waals surface area contributed by atoms with Crippen LogP contribution >= 0.6 is 11.6 Å². The average molecular weight is 619 g/mol. The quantitative estimate of drug-likeness (QED) is 0.167. The van der Waals surface area contributed by atoms with Crippen molar-refractivity contribution in [3.05, 3.63) is 118 Å². The third-order valence-corrected chi connectivity index (χ3v) is 8.42. The lowest BCUT2D eigenvalue weighted by molar-refractivity contribution is -0.119. The molecule has 0 heterocycles. The van der Waals surface area contributed by atoms with Gasteiger partial charge in [0.05, 0.1) is 27.5 Å². The highest BCUT2D eigenvalue weighted by atomic mass is 35.5. The summed E-state index contributed by atoms with van der Waals surface area (Å²) in [5.74, 6) is -0.516. The summed E-state index contributed by atoms with van der Waals surface area (Å²) in [6.45, 7) is 4.90. The molecule has 2 N–H and O–H groups in total. The third kappa shape index (κ3) is 8.43. The first-order chi connectivity index (χ1) is 20.5. The van der Waals surface area contributed by atoms with Crippen molar-refractivity contribution in [1.82, 2.24) is 5.43 Å². The van der Waals surface area contributed by atoms with Gasteiger partial charge in [-0.1, -0.05) is 59.1 Å². The highest BCUT2D eigenvalue weighted by Gasteiger charge is 2.28. The van der Waals surface area contributed by atoms with Gasteiger partial charge in [-0.25, -0.2) is 13.8 Å². The van der Waals surface area contributed by atoms with Gasteiger partial charge in [0.2, 0.25) is 0 Å². The highest BCUT2D eigenvalue weighted by molar-refractivity contribution is 7.92. The zero-order valence-corrected chi connectivity index (χ0v) is 25.4.